The zero-order valence-corrected chi connectivity index (χ0v) is 15.1. The van der Waals surface area contributed by atoms with Crippen molar-refractivity contribution >= 4 is 36.8 Å². The molecule has 2 rings (SSSR count). The van der Waals surface area contributed by atoms with Crippen molar-refractivity contribution in [2.24, 2.45) is 5.92 Å². The zero-order chi connectivity index (χ0) is 15.6. The molecule has 1 saturated heterocycles. The predicted molar refractivity (Wildman–Crippen MR) is 86.5 cm³/mol. The average Bonchev–Trinajstić information content (AvgIpc) is 2.59. The molecule has 1 fully saturated rings. The lowest BCUT2D eigenvalue weighted by Gasteiger charge is -2.22. The normalized spacial score (nSPS) is 24.5. The van der Waals surface area contributed by atoms with E-state index in [9.17, 15) is 12.6 Å². The maximum atomic E-state index is 12.9. The van der Waals surface area contributed by atoms with Crippen LogP contribution in [0.2, 0.25) is 0 Å². The first-order valence-corrected chi connectivity index (χ1v) is 10.3. The van der Waals surface area contributed by atoms with Crippen LogP contribution in [0.3, 0.4) is 0 Å². The van der Waals surface area contributed by atoms with Crippen LogP contribution in [0.4, 0.5) is 0 Å². The Balaban J connectivity index is 2.41. The largest absolute Gasteiger partial charge is 0.495 e. The molecule has 1 heterocycles. The minimum atomic E-state index is -3.66. The van der Waals surface area contributed by atoms with Gasteiger partial charge in [-0.3, -0.25) is 4.21 Å². The topological polar surface area (TPSA) is 63.7 Å². The summed E-state index contributed by atoms with van der Waals surface area (Å²) in [5, 5.41) is 0. The number of methoxy groups -OCH3 is 1. The van der Waals surface area contributed by atoms with E-state index in [-0.39, 0.29) is 17.4 Å². The maximum Gasteiger partial charge on any atom is 0.246 e. The molecule has 0 radical (unpaired) electrons. The Labute approximate surface area is 136 Å². The predicted octanol–water partition coefficient (Wildman–Crippen LogP) is 1.85. The van der Waals surface area contributed by atoms with E-state index >= 15 is 0 Å². The molecule has 8 heteroatoms. The first kappa shape index (κ1) is 16.9. The molecule has 1 aromatic rings. The van der Waals surface area contributed by atoms with Crippen molar-refractivity contribution in [1.29, 1.82) is 0 Å². The Morgan fingerprint density at radius 1 is 1.43 bits per heavy atom. The van der Waals surface area contributed by atoms with Gasteiger partial charge in [0.05, 0.1) is 7.11 Å². The van der Waals surface area contributed by atoms with Crippen LogP contribution in [0, 0.1) is 5.92 Å². The summed E-state index contributed by atoms with van der Waals surface area (Å²) in [6.45, 7) is 2.57. The molecule has 0 saturated carbocycles. The van der Waals surface area contributed by atoms with E-state index in [1.54, 1.807) is 18.2 Å². The molecular weight excluding hydrogens is 378 g/mol. The van der Waals surface area contributed by atoms with Crippen molar-refractivity contribution < 1.29 is 17.4 Å². The third kappa shape index (κ3) is 3.85. The smallest absolute Gasteiger partial charge is 0.246 e. The highest BCUT2D eigenvalue weighted by atomic mass is 79.9. The van der Waals surface area contributed by atoms with E-state index < -0.39 is 20.8 Å². The van der Waals surface area contributed by atoms with Gasteiger partial charge in [-0.05, 0) is 24.1 Å². The standard InChI is InChI=1S/C13H18BrNO4S2/c1-10-8-15(5-6-20(16)9-10)21(17,18)13-7-11(14)3-4-12(13)19-2/h3-4,7,10H,5-6,8-9H2,1-2H3/t10-,20-/m0/s1. The fraction of sp³-hybridized carbons (Fsp3) is 0.538. The lowest BCUT2D eigenvalue weighted by molar-refractivity contribution is 0.379. The molecule has 2 atom stereocenters. The first-order chi connectivity index (χ1) is 9.84. The highest BCUT2D eigenvalue weighted by Crippen LogP contribution is 2.30. The van der Waals surface area contributed by atoms with Gasteiger partial charge in [0.25, 0.3) is 0 Å². The summed E-state index contributed by atoms with van der Waals surface area (Å²) in [5.41, 5.74) is 0. The number of ether oxygens (including phenoxy) is 1. The van der Waals surface area contributed by atoms with Crippen LogP contribution in [0.1, 0.15) is 6.92 Å². The number of halogens is 1. The second kappa shape index (κ2) is 6.76. The van der Waals surface area contributed by atoms with Gasteiger partial charge in [-0.15, -0.1) is 0 Å². The van der Waals surface area contributed by atoms with Crippen LogP contribution in [0.25, 0.3) is 0 Å². The summed E-state index contributed by atoms with van der Waals surface area (Å²) in [6.07, 6.45) is 0. The second-order valence-electron chi connectivity index (χ2n) is 5.07. The molecule has 5 nitrogen and oxygen atoms in total. The molecule has 0 N–H and O–H groups in total. The van der Waals surface area contributed by atoms with E-state index in [0.29, 0.717) is 28.3 Å². The van der Waals surface area contributed by atoms with Crippen molar-refractivity contribution in [3.05, 3.63) is 22.7 Å². The molecule has 0 aromatic heterocycles. The van der Waals surface area contributed by atoms with Crippen molar-refractivity contribution in [1.82, 2.24) is 4.31 Å². The van der Waals surface area contributed by atoms with Gasteiger partial charge in [0.1, 0.15) is 10.6 Å². The van der Waals surface area contributed by atoms with Gasteiger partial charge < -0.3 is 4.74 Å². The van der Waals surface area contributed by atoms with Crippen LogP contribution in [0.15, 0.2) is 27.6 Å². The summed E-state index contributed by atoms with van der Waals surface area (Å²) < 4.78 is 44.7. The molecule has 0 aliphatic carbocycles. The van der Waals surface area contributed by atoms with Crippen molar-refractivity contribution in [2.75, 3.05) is 31.7 Å². The molecule has 0 unspecified atom stereocenters. The van der Waals surface area contributed by atoms with E-state index in [1.807, 2.05) is 6.92 Å². The molecule has 1 aliphatic heterocycles. The van der Waals surface area contributed by atoms with E-state index in [4.69, 9.17) is 4.74 Å². The van der Waals surface area contributed by atoms with Gasteiger partial charge >= 0.3 is 0 Å². The fourth-order valence-electron chi connectivity index (χ4n) is 2.31. The summed E-state index contributed by atoms with van der Waals surface area (Å²) in [4.78, 5) is 0.138. The van der Waals surface area contributed by atoms with E-state index in [2.05, 4.69) is 15.9 Å². The van der Waals surface area contributed by atoms with Crippen molar-refractivity contribution in [2.45, 2.75) is 11.8 Å². The number of sulfonamides is 1. The summed E-state index contributed by atoms with van der Waals surface area (Å²) in [5.74, 6) is 1.30. The Bertz CT molecular complexity index is 648. The third-order valence-corrected chi connectivity index (χ3v) is 7.26. The quantitative estimate of drug-likeness (QED) is 0.783. The van der Waals surface area contributed by atoms with Crippen LogP contribution in [-0.2, 0) is 20.8 Å². The molecule has 118 valence electrons. The maximum absolute atomic E-state index is 12.9. The molecule has 1 aliphatic rings. The summed E-state index contributed by atoms with van der Waals surface area (Å²) in [6, 6.07) is 4.90. The highest BCUT2D eigenvalue weighted by Gasteiger charge is 2.31. The van der Waals surface area contributed by atoms with E-state index in [1.165, 1.54) is 11.4 Å². The Morgan fingerprint density at radius 2 is 2.14 bits per heavy atom. The molecule has 0 spiro atoms. The monoisotopic (exact) mass is 395 g/mol. The number of rotatable bonds is 3. The van der Waals surface area contributed by atoms with Gasteiger partial charge in [0, 0.05) is 39.9 Å². The summed E-state index contributed by atoms with van der Waals surface area (Å²) in [7, 11) is -3.17. The van der Waals surface area contributed by atoms with E-state index in [0.717, 1.165) is 0 Å². The Morgan fingerprint density at radius 3 is 2.81 bits per heavy atom. The lowest BCUT2D eigenvalue weighted by atomic mass is 10.2. The van der Waals surface area contributed by atoms with Gasteiger partial charge in [-0.25, -0.2) is 8.42 Å². The van der Waals surface area contributed by atoms with Crippen molar-refractivity contribution in [3.63, 3.8) is 0 Å². The van der Waals surface area contributed by atoms with Crippen LogP contribution in [0.5, 0.6) is 5.75 Å². The lowest BCUT2D eigenvalue weighted by Crippen LogP contribution is -2.35. The van der Waals surface area contributed by atoms with Crippen LogP contribution in [-0.4, -0.2) is 48.6 Å². The molecule has 0 bridgehead atoms. The first-order valence-electron chi connectivity index (χ1n) is 6.53. The number of benzene rings is 1. The van der Waals surface area contributed by atoms with Gasteiger partial charge in [-0.2, -0.15) is 4.31 Å². The Kier molecular flexibility index (Phi) is 5.45. The minimum Gasteiger partial charge on any atom is -0.495 e. The van der Waals surface area contributed by atoms with Crippen LogP contribution < -0.4 is 4.74 Å². The number of hydrogen-bond donors (Lipinski definition) is 0. The third-order valence-electron chi connectivity index (χ3n) is 3.30. The Hall–Kier alpha value is -0.440. The number of hydrogen-bond acceptors (Lipinski definition) is 4. The van der Waals surface area contributed by atoms with Gasteiger partial charge in [0.2, 0.25) is 10.0 Å². The minimum absolute atomic E-state index is 0.0706. The van der Waals surface area contributed by atoms with Crippen molar-refractivity contribution in [3.8, 4) is 5.75 Å². The molecule has 0 amide bonds. The fourth-order valence-corrected chi connectivity index (χ4v) is 6.01. The highest BCUT2D eigenvalue weighted by molar-refractivity contribution is 9.10. The van der Waals surface area contributed by atoms with Gasteiger partial charge in [0.15, 0.2) is 0 Å². The molecular formula is C13H18BrNO4S2. The SMILES string of the molecule is COc1ccc(Br)cc1S(=O)(=O)N1CC[S@](=O)C[C@@H](C)C1. The average molecular weight is 396 g/mol. The van der Waals surface area contributed by atoms with Crippen LogP contribution >= 0.6 is 15.9 Å². The molecule has 1 aromatic carbocycles. The molecule has 21 heavy (non-hydrogen) atoms. The number of nitrogens with zero attached hydrogens (tertiary/aromatic N) is 1. The second-order valence-corrected chi connectivity index (χ2v) is 9.52. The van der Waals surface area contributed by atoms with Gasteiger partial charge in [-0.1, -0.05) is 22.9 Å². The zero-order valence-electron chi connectivity index (χ0n) is 11.9. The summed E-state index contributed by atoms with van der Waals surface area (Å²) >= 11 is 3.29.